The van der Waals surface area contributed by atoms with Gasteiger partial charge in [0.2, 0.25) is 10.0 Å². The number of hydrogen-bond acceptors (Lipinski definition) is 4. The minimum atomic E-state index is -3.53. The number of H-pyrrole nitrogens is 1. The second-order valence-electron chi connectivity index (χ2n) is 4.68. The Kier molecular flexibility index (Phi) is 3.24. The van der Waals surface area contributed by atoms with Crippen LogP contribution in [-0.2, 0) is 14.8 Å². The molecule has 17 heavy (non-hydrogen) atoms. The van der Waals surface area contributed by atoms with Crippen molar-refractivity contribution >= 4 is 10.0 Å². The second-order valence-corrected chi connectivity index (χ2v) is 6.33. The van der Waals surface area contributed by atoms with Crippen LogP contribution in [0.2, 0.25) is 0 Å². The first-order chi connectivity index (χ1) is 7.93. The molecule has 96 valence electrons. The third-order valence-corrected chi connectivity index (χ3v) is 4.64. The molecular formula is C10H17N3O3S. The zero-order valence-electron chi connectivity index (χ0n) is 9.99. The lowest BCUT2D eigenvalue weighted by Crippen LogP contribution is -2.51. The van der Waals surface area contributed by atoms with Gasteiger partial charge in [-0.2, -0.15) is 5.10 Å². The Morgan fingerprint density at radius 2 is 2.35 bits per heavy atom. The van der Waals surface area contributed by atoms with Crippen LogP contribution in [0.5, 0.6) is 0 Å². The van der Waals surface area contributed by atoms with E-state index in [9.17, 15) is 8.42 Å². The second kappa shape index (κ2) is 4.40. The number of aromatic amines is 1. The highest BCUT2D eigenvalue weighted by Gasteiger charge is 2.33. The molecule has 0 saturated carbocycles. The first kappa shape index (κ1) is 12.5. The zero-order chi connectivity index (χ0) is 12.5. The van der Waals surface area contributed by atoms with E-state index in [1.807, 2.05) is 6.92 Å². The van der Waals surface area contributed by atoms with Crippen LogP contribution >= 0.6 is 0 Å². The maximum Gasteiger partial charge on any atom is 0.244 e. The molecule has 0 aromatic carbocycles. The van der Waals surface area contributed by atoms with Gasteiger partial charge in [0, 0.05) is 6.61 Å². The molecule has 6 nitrogen and oxygen atoms in total. The van der Waals surface area contributed by atoms with Crippen LogP contribution in [0.15, 0.2) is 11.1 Å². The fraction of sp³-hybridized carbons (Fsp3) is 0.700. The van der Waals surface area contributed by atoms with Gasteiger partial charge in [0.25, 0.3) is 0 Å². The van der Waals surface area contributed by atoms with Gasteiger partial charge in [-0.05, 0) is 26.7 Å². The SMILES string of the molecule is Cc1[nH]ncc1S(=O)(=O)NC1(C)CCCOC1. The summed E-state index contributed by atoms with van der Waals surface area (Å²) in [5.74, 6) is 0. The Balaban J connectivity index is 2.20. The van der Waals surface area contributed by atoms with Crippen LogP contribution in [-0.4, -0.2) is 37.4 Å². The summed E-state index contributed by atoms with van der Waals surface area (Å²) >= 11 is 0. The summed E-state index contributed by atoms with van der Waals surface area (Å²) in [7, 11) is -3.53. The van der Waals surface area contributed by atoms with Crippen LogP contribution in [0.1, 0.15) is 25.5 Å². The Morgan fingerprint density at radius 3 is 2.88 bits per heavy atom. The molecule has 1 atom stereocenters. The summed E-state index contributed by atoms with van der Waals surface area (Å²) in [6, 6.07) is 0. The highest BCUT2D eigenvalue weighted by molar-refractivity contribution is 7.89. The van der Waals surface area contributed by atoms with Crippen molar-refractivity contribution in [2.75, 3.05) is 13.2 Å². The molecule has 1 aliphatic rings. The number of rotatable bonds is 3. The average Bonchev–Trinajstić information content (AvgIpc) is 2.64. The molecule has 1 aromatic rings. The molecule has 0 radical (unpaired) electrons. The molecule has 7 heteroatoms. The summed E-state index contributed by atoms with van der Waals surface area (Å²) in [6.07, 6.45) is 2.97. The number of aryl methyl sites for hydroxylation is 1. The van der Waals surface area contributed by atoms with E-state index in [2.05, 4.69) is 14.9 Å². The summed E-state index contributed by atoms with van der Waals surface area (Å²) in [5, 5.41) is 6.35. The summed E-state index contributed by atoms with van der Waals surface area (Å²) in [5.41, 5.74) is 0.0127. The minimum absolute atomic E-state index is 0.198. The highest BCUT2D eigenvalue weighted by atomic mass is 32.2. The van der Waals surface area contributed by atoms with E-state index in [0.29, 0.717) is 18.9 Å². The quantitative estimate of drug-likeness (QED) is 0.831. The van der Waals surface area contributed by atoms with Gasteiger partial charge < -0.3 is 4.74 Å². The van der Waals surface area contributed by atoms with Crippen molar-refractivity contribution in [3.8, 4) is 0 Å². The smallest absolute Gasteiger partial charge is 0.244 e. The fourth-order valence-corrected chi connectivity index (χ4v) is 3.56. The van der Waals surface area contributed by atoms with Crippen molar-refractivity contribution in [1.29, 1.82) is 0 Å². The molecule has 0 amide bonds. The van der Waals surface area contributed by atoms with Gasteiger partial charge in [0.1, 0.15) is 4.90 Å². The number of aromatic nitrogens is 2. The molecule has 0 bridgehead atoms. The largest absolute Gasteiger partial charge is 0.380 e. The Morgan fingerprint density at radius 1 is 1.59 bits per heavy atom. The van der Waals surface area contributed by atoms with Gasteiger partial charge in [0.05, 0.1) is 24.0 Å². The van der Waals surface area contributed by atoms with Crippen molar-refractivity contribution in [1.82, 2.24) is 14.9 Å². The predicted octanol–water partition coefficient (Wildman–Crippen LogP) is 0.566. The summed E-state index contributed by atoms with van der Waals surface area (Å²) in [4.78, 5) is 0.198. The number of nitrogens with zero attached hydrogens (tertiary/aromatic N) is 1. The third kappa shape index (κ3) is 2.67. The van der Waals surface area contributed by atoms with Crippen LogP contribution < -0.4 is 4.72 Å². The van der Waals surface area contributed by atoms with Crippen LogP contribution in [0, 0.1) is 6.92 Å². The average molecular weight is 259 g/mol. The first-order valence-electron chi connectivity index (χ1n) is 5.55. The molecule has 0 spiro atoms. The topological polar surface area (TPSA) is 84.1 Å². The summed E-state index contributed by atoms with van der Waals surface area (Å²) < 4.78 is 32.4. The molecule has 2 N–H and O–H groups in total. The highest BCUT2D eigenvalue weighted by Crippen LogP contribution is 2.22. The van der Waals surface area contributed by atoms with Gasteiger partial charge in [-0.25, -0.2) is 13.1 Å². The normalized spacial score (nSPS) is 26.0. The van der Waals surface area contributed by atoms with Gasteiger partial charge in [0.15, 0.2) is 0 Å². The number of sulfonamides is 1. The van der Waals surface area contributed by atoms with E-state index in [4.69, 9.17) is 4.74 Å². The molecule has 1 aromatic heterocycles. The molecule has 2 rings (SSSR count). The minimum Gasteiger partial charge on any atom is -0.380 e. The van der Waals surface area contributed by atoms with E-state index < -0.39 is 15.6 Å². The van der Waals surface area contributed by atoms with Crippen molar-refractivity contribution < 1.29 is 13.2 Å². The van der Waals surface area contributed by atoms with Gasteiger partial charge in [-0.15, -0.1) is 0 Å². The van der Waals surface area contributed by atoms with Crippen LogP contribution in [0.3, 0.4) is 0 Å². The van der Waals surface area contributed by atoms with E-state index in [0.717, 1.165) is 12.8 Å². The standard InChI is InChI=1S/C10H17N3O3S/c1-8-9(6-11-12-8)17(14,15)13-10(2)4-3-5-16-7-10/h6,13H,3-5,7H2,1-2H3,(H,11,12). The number of ether oxygens (including phenoxy) is 1. The van der Waals surface area contributed by atoms with Crippen molar-refractivity contribution in [2.45, 2.75) is 37.1 Å². The van der Waals surface area contributed by atoms with E-state index >= 15 is 0 Å². The molecule has 1 saturated heterocycles. The van der Waals surface area contributed by atoms with E-state index in [1.165, 1.54) is 6.20 Å². The lowest BCUT2D eigenvalue weighted by atomic mass is 9.97. The van der Waals surface area contributed by atoms with Crippen molar-refractivity contribution in [3.05, 3.63) is 11.9 Å². The Labute approximate surface area is 101 Å². The lowest BCUT2D eigenvalue weighted by Gasteiger charge is -2.33. The molecular weight excluding hydrogens is 242 g/mol. The zero-order valence-corrected chi connectivity index (χ0v) is 10.8. The number of hydrogen-bond donors (Lipinski definition) is 2. The summed E-state index contributed by atoms with van der Waals surface area (Å²) in [6.45, 7) is 4.64. The van der Waals surface area contributed by atoms with E-state index in [-0.39, 0.29) is 4.90 Å². The number of nitrogens with one attached hydrogen (secondary N) is 2. The Bertz CT molecular complexity index is 489. The van der Waals surface area contributed by atoms with Crippen molar-refractivity contribution in [3.63, 3.8) is 0 Å². The third-order valence-electron chi connectivity index (χ3n) is 2.89. The maximum absolute atomic E-state index is 12.2. The molecule has 1 aliphatic heterocycles. The molecule has 1 fully saturated rings. The van der Waals surface area contributed by atoms with E-state index in [1.54, 1.807) is 6.92 Å². The first-order valence-corrected chi connectivity index (χ1v) is 7.03. The monoisotopic (exact) mass is 259 g/mol. The lowest BCUT2D eigenvalue weighted by molar-refractivity contribution is 0.0386. The van der Waals surface area contributed by atoms with Crippen LogP contribution in [0.25, 0.3) is 0 Å². The maximum atomic E-state index is 12.2. The van der Waals surface area contributed by atoms with Gasteiger partial charge >= 0.3 is 0 Å². The van der Waals surface area contributed by atoms with Gasteiger partial charge in [-0.3, -0.25) is 5.10 Å². The molecule has 2 heterocycles. The van der Waals surface area contributed by atoms with Crippen LogP contribution in [0.4, 0.5) is 0 Å². The Hall–Kier alpha value is -0.920. The molecule has 0 aliphatic carbocycles. The predicted molar refractivity (Wildman–Crippen MR) is 62.1 cm³/mol. The van der Waals surface area contributed by atoms with Gasteiger partial charge in [-0.1, -0.05) is 0 Å². The fourth-order valence-electron chi connectivity index (χ4n) is 2.00. The van der Waals surface area contributed by atoms with Crippen molar-refractivity contribution in [2.24, 2.45) is 0 Å². The molecule has 1 unspecified atom stereocenters.